The number of aliphatic carboxylic acids is 1. The Morgan fingerprint density at radius 1 is 0.850 bits per heavy atom. The first-order valence-electron chi connectivity index (χ1n) is 12.4. The highest BCUT2D eigenvalue weighted by Gasteiger charge is 2.27. The molecule has 4 rings (SSSR count). The number of hydrogen-bond acceptors (Lipinski definition) is 5. The van der Waals surface area contributed by atoms with Gasteiger partial charge in [-0.2, -0.15) is 0 Å². The second-order valence-corrected chi connectivity index (χ2v) is 10.6. The summed E-state index contributed by atoms with van der Waals surface area (Å²) in [5, 5.41) is 15.0. The summed E-state index contributed by atoms with van der Waals surface area (Å²) in [6.07, 6.45) is -0.439. The maximum Gasteiger partial charge on any atom is 0.319 e. The molecule has 0 bridgehead atoms. The minimum atomic E-state index is -4.21. The Bertz CT molecular complexity index is 1580. The number of carbonyl (C=O) groups is 2. The van der Waals surface area contributed by atoms with Crippen molar-refractivity contribution >= 4 is 27.7 Å². The Labute approximate surface area is 232 Å². The maximum absolute atomic E-state index is 13.5. The molecule has 40 heavy (non-hydrogen) atoms. The summed E-state index contributed by atoms with van der Waals surface area (Å²) in [4.78, 5) is 23.8. The molecular formula is C30H29N3O6S. The number of rotatable bonds is 11. The van der Waals surface area contributed by atoms with E-state index in [-0.39, 0.29) is 16.7 Å². The van der Waals surface area contributed by atoms with Crippen LogP contribution in [-0.4, -0.2) is 32.6 Å². The highest BCUT2D eigenvalue weighted by molar-refractivity contribution is 7.89. The number of carbonyl (C=O) groups excluding carboxylic acids is 1. The van der Waals surface area contributed by atoms with Gasteiger partial charge in [-0.05, 0) is 46.5 Å². The third-order valence-electron chi connectivity index (χ3n) is 6.08. The summed E-state index contributed by atoms with van der Waals surface area (Å²) in [5.41, 5.74) is 3.22. The molecule has 0 heterocycles. The molecular weight excluding hydrogens is 530 g/mol. The van der Waals surface area contributed by atoms with Gasteiger partial charge in [0.25, 0.3) is 0 Å². The zero-order valence-corrected chi connectivity index (χ0v) is 22.5. The first-order valence-corrected chi connectivity index (χ1v) is 13.9. The second kappa shape index (κ2) is 12.9. The number of carboxylic acids is 1. The predicted molar refractivity (Wildman–Crippen MR) is 152 cm³/mol. The van der Waals surface area contributed by atoms with Crippen LogP contribution in [0.2, 0.25) is 0 Å². The normalized spacial score (nSPS) is 11.8. The first kappa shape index (κ1) is 28.3. The topological polar surface area (TPSA) is 134 Å². The van der Waals surface area contributed by atoms with E-state index in [2.05, 4.69) is 15.4 Å². The van der Waals surface area contributed by atoms with Crippen molar-refractivity contribution in [3.8, 4) is 16.9 Å². The average Bonchev–Trinajstić information content (AvgIpc) is 2.96. The lowest BCUT2D eigenvalue weighted by molar-refractivity contribution is -0.137. The fourth-order valence-corrected chi connectivity index (χ4v) is 5.55. The summed E-state index contributed by atoms with van der Waals surface area (Å²) in [5.74, 6) is -1.04. The van der Waals surface area contributed by atoms with Gasteiger partial charge in [0.2, 0.25) is 10.0 Å². The van der Waals surface area contributed by atoms with Crippen molar-refractivity contribution in [2.75, 3.05) is 12.4 Å². The molecule has 1 atom stereocenters. The Balaban J connectivity index is 1.57. The zero-order chi connectivity index (χ0) is 28.5. The zero-order valence-electron chi connectivity index (χ0n) is 21.7. The van der Waals surface area contributed by atoms with Gasteiger partial charge >= 0.3 is 12.0 Å². The molecule has 2 amide bonds. The van der Waals surface area contributed by atoms with Gasteiger partial charge in [-0.1, -0.05) is 78.9 Å². The molecule has 0 aliphatic rings. The van der Waals surface area contributed by atoms with Crippen molar-refractivity contribution in [2.45, 2.75) is 23.9 Å². The van der Waals surface area contributed by atoms with Crippen LogP contribution in [0.15, 0.2) is 108 Å². The van der Waals surface area contributed by atoms with Crippen LogP contribution in [0, 0.1) is 0 Å². The van der Waals surface area contributed by atoms with E-state index in [9.17, 15) is 23.1 Å². The van der Waals surface area contributed by atoms with Gasteiger partial charge < -0.3 is 20.5 Å². The van der Waals surface area contributed by atoms with Gasteiger partial charge in [-0.15, -0.1) is 0 Å². The number of amides is 2. The first-order chi connectivity index (χ1) is 19.2. The van der Waals surface area contributed by atoms with Crippen molar-refractivity contribution in [1.82, 2.24) is 10.0 Å². The molecule has 9 nitrogen and oxygen atoms in total. The predicted octanol–water partition coefficient (Wildman–Crippen LogP) is 5.18. The van der Waals surface area contributed by atoms with Crippen LogP contribution >= 0.6 is 0 Å². The number of nitrogens with one attached hydrogen (secondary N) is 3. The van der Waals surface area contributed by atoms with E-state index >= 15 is 0 Å². The lowest BCUT2D eigenvalue weighted by Gasteiger charge is -2.19. The molecule has 0 radical (unpaired) electrons. The monoisotopic (exact) mass is 559 g/mol. The number of carboxylic acid groups (broad SMARTS) is 1. The van der Waals surface area contributed by atoms with E-state index < -0.39 is 28.5 Å². The van der Waals surface area contributed by atoms with Gasteiger partial charge in [0.1, 0.15) is 10.6 Å². The highest BCUT2D eigenvalue weighted by Crippen LogP contribution is 2.32. The molecule has 206 valence electrons. The summed E-state index contributed by atoms with van der Waals surface area (Å²) >= 11 is 0. The number of methoxy groups -OCH3 is 1. The lowest BCUT2D eigenvalue weighted by Crippen LogP contribution is -2.30. The van der Waals surface area contributed by atoms with Crippen LogP contribution < -0.4 is 20.1 Å². The molecule has 0 unspecified atom stereocenters. The molecule has 0 aromatic heterocycles. The van der Waals surface area contributed by atoms with Crippen LogP contribution in [0.1, 0.15) is 23.6 Å². The fraction of sp³-hybridized carbons (Fsp3) is 0.133. The van der Waals surface area contributed by atoms with Crippen LogP contribution in [0.5, 0.6) is 5.75 Å². The average molecular weight is 560 g/mol. The third kappa shape index (κ3) is 7.46. The second-order valence-electron chi connectivity index (χ2n) is 8.92. The fourth-order valence-electron chi connectivity index (χ4n) is 4.13. The number of urea groups is 1. The molecule has 0 fully saturated rings. The van der Waals surface area contributed by atoms with E-state index in [0.717, 1.165) is 5.56 Å². The molecule has 4 N–H and O–H groups in total. The van der Waals surface area contributed by atoms with Crippen LogP contribution in [0.25, 0.3) is 11.1 Å². The number of benzene rings is 4. The smallest absolute Gasteiger partial charge is 0.319 e. The standard InChI is InChI=1S/C30H29N3O6S/c1-39-27-16-15-24(18-28(27)40(37,38)33-26(19-29(34)35)22-11-6-3-7-12-22)23-13-8-14-25(17-23)32-30(36)31-20-21-9-4-2-5-10-21/h2-18,26,33H,19-20H2,1H3,(H,34,35)(H2,31,32,36)/t26-/m1/s1. The molecule has 4 aromatic carbocycles. The molecule has 0 spiro atoms. The Kier molecular flexibility index (Phi) is 9.15. The number of ether oxygens (including phenoxy) is 1. The number of sulfonamides is 1. The summed E-state index contributed by atoms with van der Waals surface area (Å²) in [6, 6.07) is 28.3. The van der Waals surface area contributed by atoms with Gasteiger partial charge in [-0.25, -0.2) is 17.9 Å². The number of hydrogen-bond donors (Lipinski definition) is 4. The van der Waals surface area contributed by atoms with E-state index in [1.54, 1.807) is 60.7 Å². The quantitative estimate of drug-likeness (QED) is 0.200. The van der Waals surface area contributed by atoms with Gasteiger partial charge in [0.15, 0.2) is 0 Å². The SMILES string of the molecule is COc1ccc(-c2cccc(NC(=O)NCc3ccccc3)c2)cc1S(=O)(=O)N[C@H](CC(=O)O)c1ccccc1. The molecule has 0 saturated carbocycles. The van der Waals surface area contributed by atoms with Crippen LogP contribution in [-0.2, 0) is 21.4 Å². The number of anilines is 1. The van der Waals surface area contributed by atoms with Crippen LogP contribution in [0.3, 0.4) is 0 Å². The maximum atomic E-state index is 13.5. The van der Waals surface area contributed by atoms with Gasteiger partial charge in [0, 0.05) is 12.2 Å². The van der Waals surface area contributed by atoms with Crippen molar-refractivity contribution in [2.24, 2.45) is 0 Å². The van der Waals surface area contributed by atoms with E-state index in [1.807, 2.05) is 30.3 Å². The molecule has 0 aliphatic heterocycles. The molecule has 4 aromatic rings. The summed E-state index contributed by atoms with van der Waals surface area (Å²) in [7, 11) is -2.85. The van der Waals surface area contributed by atoms with Crippen molar-refractivity contribution in [1.29, 1.82) is 0 Å². The molecule has 10 heteroatoms. The highest BCUT2D eigenvalue weighted by atomic mass is 32.2. The van der Waals surface area contributed by atoms with Gasteiger partial charge in [0.05, 0.1) is 19.6 Å². The van der Waals surface area contributed by atoms with Crippen molar-refractivity contribution in [3.63, 3.8) is 0 Å². The third-order valence-corrected chi connectivity index (χ3v) is 7.57. The molecule has 0 saturated heterocycles. The Hall–Kier alpha value is -4.67. The van der Waals surface area contributed by atoms with E-state index in [1.165, 1.54) is 19.2 Å². The Morgan fingerprint density at radius 3 is 2.20 bits per heavy atom. The minimum absolute atomic E-state index is 0.105. The summed E-state index contributed by atoms with van der Waals surface area (Å²) < 4.78 is 34.9. The minimum Gasteiger partial charge on any atom is -0.495 e. The molecule has 0 aliphatic carbocycles. The Morgan fingerprint density at radius 2 is 1.52 bits per heavy atom. The van der Waals surface area contributed by atoms with Gasteiger partial charge in [-0.3, -0.25) is 4.79 Å². The van der Waals surface area contributed by atoms with Crippen molar-refractivity contribution < 1.29 is 27.9 Å². The van der Waals surface area contributed by atoms with E-state index in [0.29, 0.717) is 28.9 Å². The summed E-state index contributed by atoms with van der Waals surface area (Å²) in [6.45, 7) is 0.366. The van der Waals surface area contributed by atoms with Crippen LogP contribution in [0.4, 0.5) is 10.5 Å². The lowest BCUT2D eigenvalue weighted by atomic mass is 10.0. The van der Waals surface area contributed by atoms with Crippen molar-refractivity contribution in [3.05, 3.63) is 114 Å². The largest absolute Gasteiger partial charge is 0.495 e. The van der Waals surface area contributed by atoms with E-state index in [4.69, 9.17) is 4.74 Å².